The molecular weight excluding hydrogens is 318 g/mol. The van der Waals surface area contributed by atoms with Gasteiger partial charge in [-0.3, -0.25) is 0 Å². The van der Waals surface area contributed by atoms with E-state index in [4.69, 9.17) is 10.3 Å². The predicted octanol–water partition coefficient (Wildman–Crippen LogP) is 3.19. The van der Waals surface area contributed by atoms with E-state index in [-0.39, 0.29) is 5.41 Å². The maximum Gasteiger partial charge on any atom is 0.234 e. The van der Waals surface area contributed by atoms with Crippen LogP contribution < -0.4 is 5.73 Å². The van der Waals surface area contributed by atoms with Crippen molar-refractivity contribution in [1.82, 2.24) is 10.1 Å². The molecule has 106 valence electrons. The molecule has 5 heteroatoms. The number of benzene rings is 1. The van der Waals surface area contributed by atoms with Crippen LogP contribution >= 0.6 is 15.9 Å². The molecule has 4 nitrogen and oxygen atoms in total. The van der Waals surface area contributed by atoms with E-state index in [0.717, 1.165) is 34.6 Å². The maximum atomic E-state index is 5.95. The van der Waals surface area contributed by atoms with Gasteiger partial charge < -0.3 is 10.3 Å². The third kappa shape index (κ3) is 2.52. The Hall–Kier alpha value is -1.20. The summed E-state index contributed by atoms with van der Waals surface area (Å²) in [4.78, 5) is 4.59. The summed E-state index contributed by atoms with van der Waals surface area (Å²) in [5, 5.41) is 4.13. The van der Waals surface area contributed by atoms with Gasteiger partial charge in [0.2, 0.25) is 5.89 Å². The normalized spacial score (nSPS) is 17.5. The van der Waals surface area contributed by atoms with Crippen LogP contribution in [0.1, 0.15) is 43.0 Å². The van der Waals surface area contributed by atoms with Crippen molar-refractivity contribution in [3.05, 3.63) is 46.0 Å². The second-order valence-corrected chi connectivity index (χ2v) is 6.33. The van der Waals surface area contributed by atoms with Crippen LogP contribution in [0.5, 0.6) is 0 Å². The fourth-order valence-corrected chi connectivity index (χ4v) is 3.34. The summed E-state index contributed by atoms with van der Waals surface area (Å²) in [7, 11) is 0. The summed E-state index contributed by atoms with van der Waals surface area (Å²) in [6, 6.07) is 8.10. The summed E-state index contributed by atoms with van der Waals surface area (Å²) in [5.41, 5.74) is 7.03. The van der Waals surface area contributed by atoms with E-state index in [1.165, 1.54) is 12.8 Å². The van der Waals surface area contributed by atoms with Crippen LogP contribution in [0.15, 0.2) is 33.3 Å². The number of halogens is 1. The lowest BCUT2D eigenvalue weighted by atomic mass is 9.86. The van der Waals surface area contributed by atoms with Crippen LogP contribution in [0, 0.1) is 0 Å². The molecule has 1 fully saturated rings. The van der Waals surface area contributed by atoms with Crippen molar-refractivity contribution in [1.29, 1.82) is 0 Å². The molecule has 0 amide bonds. The molecule has 0 unspecified atom stereocenters. The third-order valence-electron chi connectivity index (χ3n) is 4.18. The molecule has 0 radical (unpaired) electrons. The van der Waals surface area contributed by atoms with Crippen molar-refractivity contribution in [2.45, 2.75) is 37.5 Å². The van der Waals surface area contributed by atoms with Gasteiger partial charge in [0.25, 0.3) is 0 Å². The summed E-state index contributed by atoms with van der Waals surface area (Å²) in [5.74, 6) is 1.45. The molecule has 2 aromatic rings. The van der Waals surface area contributed by atoms with Crippen LogP contribution in [0.25, 0.3) is 0 Å². The Kier molecular flexibility index (Phi) is 3.89. The van der Waals surface area contributed by atoms with Crippen molar-refractivity contribution >= 4 is 15.9 Å². The standard InChI is InChI=1S/C15H18BrN3O/c16-12-6-2-1-5-11(12)9-13-18-14(20-19-13)15(10-17)7-3-4-8-15/h1-2,5-6H,3-4,7-10,17H2. The number of nitrogens with zero attached hydrogens (tertiary/aromatic N) is 2. The molecular formula is C15H18BrN3O. The number of nitrogens with two attached hydrogens (primary N) is 1. The third-order valence-corrected chi connectivity index (χ3v) is 4.95. The minimum Gasteiger partial charge on any atom is -0.339 e. The number of hydrogen-bond acceptors (Lipinski definition) is 4. The summed E-state index contributed by atoms with van der Waals surface area (Å²) in [6.45, 7) is 0.587. The molecule has 0 saturated heterocycles. The van der Waals surface area contributed by atoms with Gasteiger partial charge in [-0.15, -0.1) is 0 Å². The van der Waals surface area contributed by atoms with Crippen LogP contribution in [-0.2, 0) is 11.8 Å². The molecule has 0 bridgehead atoms. The molecule has 1 heterocycles. The van der Waals surface area contributed by atoms with E-state index in [1.54, 1.807) is 0 Å². The predicted molar refractivity (Wildman–Crippen MR) is 80.4 cm³/mol. The van der Waals surface area contributed by atoms with Gasteiger partial charge in [0.1, 0.15) is 0 Å². The first-order valence-electron chi connectivity index (χ1n) is 7.00. The molecule has 1 aromatic heterocycles. The van der Waals surface area contributed by atoms with E-state index in [0.29, 0.717) is 13.0 Å². The first-order chi connectivity index (χ1) is 9.73. The second-order valence-electron chi connectivity index (χ2n) is 5.48. The smallest absolute Gasteiger partial charge is 0.234 e. The van der Waals surface area contributed by atoms with Crippen molar-refractivity contribution in [2.75, 3.05) is 6.54 Å². The maximum absolute atomic E-state index is 5.95. The SMILES string of the molecule is NCC1(c2nc(Cc3ccccc3Br)no2)CCCC1. The second kappa shape index (κ2) is 5.66. The number of hydrogen-bond donors (Lipinski definition) is 1. The van der Waals surface area contributed by atoms with E-state index in [9.17, 15) is 0 Å². The van der Waals surface area contributed by atoms with Crippen LogP contribution in [0.2, 0.25) is 0 Å². The average molecular weight is 336 g/mol. The average Bonchev–Trinajstić information content (AvgIpc) is 3.11. The van der Waals surface area contributed by atoms with Gasteiger partial charge in [-0.25, -0.2) is 0 Å². The lowest BCUT2D eigenvalue weighted by Crippen LogP contribution is -2.32. The van der Waals surface area contributed by atoms with Gasteiger partial charge in [0.15, 0.2) is 5.82 Å². The van der Waals surface area contributed by atoms with Crippen LogP contribution in [0.4, 0.5) is 0 Å². The lowest BCUT2D eigenvalue weighted by Gasteiger charge is -2.21. The molecule has 1 aliphatic carbocycles. The van der Waals surface area contributed by atoms with E-state index in [1.807, 2.05) is 18.2 Å². The zero-order valence-corrected chi connectivity index (χ0v) is 12.9. The van der Waals surface area contributed by atoms with E-state index < -0.39 is 0 Å². The fourth-order valence-electron chi connectivity index (χ4n) is 2.91. The first-order valence-corrected chi connectivity index (χ1v) is 7.79. The topological polar surface area (TPSA) is 64.9 Å². The van der Waals surface area contributed by atoms with Crippen LogP contribution in [0.3, 0.4) is 0 Å². The minimum absolute atomic E-state index is 0.0842. The largest absolute Gasteiger partial charge is 0.339 e. The number of aromatic nitrogens is 2. The highest BCUT2D eigenvalue weighted by Gasteiger charge is 2.39. The molecule has 1 aromatic carbocycles. The first kappa shape index (κ1) is 13.8. The Morgan fingerprint density at radius 2 is 2.00 bits per heavy atom. The van der Waals surface area contributed by atoms with Gasteiger partial charge >= 0.3 is 0 Å². The molecule has 1 saturated carbocycles. The highest BCUT2D eigenvalue weighted by molar-refractivity contribution is 9.10. The molecule has 2 N–H and O–H groups in total. The molecule has 3 rings (SSSR count). The molecule has 0 atom stereocenters. The fraction of sp³-hybridized carbons (Fsp3) is 0.467. The Bertz CT molecular complexity index is 590. The van der Waals surface area contributed by atoms with Gasteiger partial charge in [-0.05, 0) is 24.5 Å². The summed E-state index contributed by atoms with van der Waals surface area (Å²) in [6.07, 6.45) is 5.17. The van der Waals surface area contributed by atoms with Crippen molar-refractivity contribution < 1.29 is 4.52 Å². The van der Waals surface area contributed by atoms with E-state index >= 15 is 0 Å². The van der Waals surface area contributed by atoms with Crippen LogP contribution in [-0.4, -0.2) is 16.7 Å². The van der Waals surface area contributed by atoms with Crippen molar-refractivity contribution in [3.63, 3.8) is 0 Å². The zero-order valence-electron chi connectivity index (χ0n) is 11.3. The molecule has 0 spiro atoms. The lowest BCUT2D eigenvalue weighted by molar-refractivity contribution is 0.283. The van der Waals surface area contributed by atoms with Crippen molar-refractivity contribution in [3.8, 4) is 0 Å². The minimum atomic E-state index is -0.0842. The van der Waals surface area contributed by atoms with Gasteiger partial charge in [-0.2, -0.15) is 4.98 Å². The Morgan fingerprint density at radius 1 is 1.25 bits per heavy atom. The van der Waals surface area contributed by atoms with E-state index in [2.05, 4.69) is 32.1 Å². The quantitative estimate of drug-likeness (QED) is 0.931. The Labute approximate surface area is 126 Å². The number of rotatable bonds is 4. The molecule has 1 aliphatic rings. The Morgan fingerprint density at radius 3 is 2.70 bits per heavy atom. The van der Waals surface area contributed by atoms with Gasteiger partial charge in [0, 0.05) is 17.4 Å². The van der Waals surface area contributed by atoms with Gasteiger partial charge in [-0.1, -0.05) is 52.1 Å². The zero-order chi connectivity index (χ0) is 14.0. The Balaban J connectivity index is 1.82. The highest BCUT2D eigenvalue weighted by Crippen LogP contribution is 2.39. The summed E-state index contributed by atoms with van der Waals surface area (Å²) < 4.78 is 6.57. The monoisotopic (exact) mass is 335 g/mol. The van der Waals surface area contributed by atoms with Crippen molar-refractivity contribution in [2.24, 2.45) is 5.73 Å². The molecule has 0 aliphatic heterocycles. The highest BCUT2D eigenvalue weighted by atomic mass is 79.9. The molecule has 20 heavy (non-hydrogen) atoms. The summed E-state index contributed by atoms with van der Waals surface area (Å²) >= 11 is 3.54. The van der Waals surface area contributed by atoms with Gasteiger partial charge in [0.05, 0.1) is 5.41 Å².